The van der Waals surface area contributed by atoms with E-state index in [0.717, 1.165) is 25.8 Å². The van der Waals surface area contributed by atoms with Crippen molar-refractivity contribution in [3.8, 4) is 0 Å². The summed E-state index contributed by atoms with van der Waals surface area (Å²) in [5.41, 5.74) is 1.30. The summed E-state index contributed by atoms with van der Waals surface area (Å²) in [6.45, 7) is 5.34. The van der Waals surface area contributed by atoms with Gasteiger partial charge in [-0.1, -0.05) is 6.07 Å². The smallest absolute Gasteiger partial charge is 0.0565 e. The standard InChI is InChI=1S/C14H22N2O/c1-11-8-14(9-12(2)17-11)16-7-5-13-4-3-6-15-10-13/h3-4,6,10-12,14,16H,5,7-9H2,1-2H3. The first-order valence-electron chi connectivity index (χ1n) is 6.52. The van der Waals surface area contributed by atoms with Crippen LogP contribution in [0.3, 0.4) is 0 Å². The lowest BCUT2D eigenvalue weighted by Crippen LogP contribution is -2.41. The van der Waals surface area contributed by atoms with Crippen molar-refractivity contribution in [2.75, 3.05) is 6.54 Å². The third-order valence-electron chi connectivity index (χ3n) is 3.27. The molecular formula is C14H22N2O. The van der Waals surface area contributed by atoms with Gasteiger partial charge in [-0.2, -0.15) is 0 Å². The minimum Gasteiger partial charge on any atom is -0.375 e. The lowest BCUT2D eigenvalue weighted by Gasteiger charge is -2.32. The molecule has 2 heterocycles. The Morgan fingerprint density at radius 2 is 2.12 bits per heavy atom. The Bertz CT molecular complexity index is 318. The van der Waals surface area contributed by atoms with Crippen molar-refractivity contribution >= 4 is 0 Å². The molecule has 0 radical (unpaired) electrons. The van der Waals surface area contributed by atoms with E-state index in [0.29, 0.717) is 18.2 Å². The largest absolute Gasteiger partial charge is 0.375 e. The lowest BCUT2D eigenvalue weighted by molar-refractivity contribution is -0.0419. The maximum absolute atomic E-state index is 5.73. The molecule has 2 rings (SSSR count). The molecule has 1 N–H and O–H groups in total. The van der Waals surface area contributed by atoms with Crippen LogP contribution >= 0.6 is 0 Å². The number of aromatic nitrogens is 1. The van der Waals surface area contributed by atoms with Gasteiger partial charge in [-0.25, -0.2) is 0 Å². The lowest BCUT2D eigenvalue weighted by atomic mass is 10.00. The summed E-state index contributed by atoms with van der Waals surface area (Å²) in [5, 5.41) is 3.62. The summed E-state index contributed by atoms with van der Waals surface area (Å²) in [4.78, 5) is 4.13. The van der Waals surface area contributed by atoms with Gasteiger partial charge in [-0.15, -0.1) is 0 Å². The van der Waals surface area contributed by atoms with Crippen LogP contribution in [0.4, 0.5) is 0 Å². The van der Waals surface area contributed by atoms with Crippen LogP contribution in [0.15, 0.2) is 24.5 Å². The highest BCUT2D eigenvalue weighted by molar-refractivity contribution is 5.08. The van der Waals surface area contributed by atoms with Crippen LogP contribution in [-0.4, -0.2) is 29.8 Å². The number of rotatable bonds is 4. The number of hydrogen-bond acceptors (Lipinski definition) is 3. The molecule has 1 saturated heterocycles. The topological polar surface area (TPSA) is 34.2 Å². The third kappa shape index (κ3) is 4.10. The Morgan fingerprint density at radius 3 is 2.76 bits per heavy atom. The van der Waals surface area contributed by atoms with E-state index >= 15 is 0 Å². The van der Waals surface area contributed by atoms with Gasteiger partial charge in [0.25, 0.3) is 0 Å². The Kier molecular flexibility index (Phi) is 4.51. The average Bonchev–Trinajstić information content (AvgIpc) is 2.29. The predicted octanol–water partition coefficient (Wildman–Crippen LogP) is 2.17. The maximum atomic E-state index is 5.73. The van der Waals surface area contributed by atoms with Gasteiger partial charge in [0.15, 0.2) is 0 Å². The predicted molar refractivity (Wildman–Crippen MR) is 69.0 cm³/mol. The molecule has 0 aromatic carbocycles. The first kappa shape index (κ1) is 12.5. The SMILES string of the molecule is CC1CC(NCCc2cccnc2)CC(C)O1. The molecule has 1 fully saturated rings. The molecule has 94 valence electrons. The van der Waals surface area contributed by atoms with Gasteiger partial charge in [0.05, 0.1) is 12.2 Å². The van der Waals surface area contributed by atoms with E-state index in [4.69, 9.17) is 4.74 Å². The van der Waals surface area contributed by atoms with Crippen LogP contribution in [0.5, 0.6) is 0 Å². The summed E-state index contributed by atoms with van der Waals surface area (Å²) in [6.07, 6.45) is 7.82. The van der Waals surface area contributed by atoms with Gasteiger partial charge in [0.2, 0.25) is 0 Å². The van der Waals surface area contributed by atoms with Gasteiger partial charge in [-0.05, 0) is 51.3 Å². The van der Waals surface area contributed by atoms with Gasteiger partial charge < -0.3 is 10.1 Å². The first-order chi connectivity index (χ1) is 8.24. The van der Waals surface area contributed by atoms with Crippen molar-refractivity contribution in [1.82, 2.24) is 10.3 Å². The fraction of sp³-hybridized carbons (Fsp3) is 0.643. The molecule has 2 unspecified atom stereocenters. The van der Waals surface area contributed by atoms with E-state index in [2.05, 4.69) is 30.2 Å². The fourth-order valence-electron chi connectivity index (χ4n) is 2.54. The normalized spacial score (nSPS) is 29.2. The highest BCUT2D eigenvalue weighted by Crippen LogP contribution is 2.18. The summed E-state index contributed by atoms with van der Waals surface area (Å²) in [7, 11) is 0. The van der Waals surface area contributed by atoms with Crippen LogP contribution in [-0.2, 0) is 11.2 Å². The molecule has 1 aliphatic heterocycles. The quantitative estimate of drug-likeness (QED) is 0.867. The average molecular weight is 234 g/mol. The van der Waals surface area contributed by atoms with Crippen molar-refractivity contribution in [3.05, 3.63) is 30.1 Å². The zero-order valence-corrected chi connectivity index (χ0v) is 10.7. The van der Waals surface area contributed by atoms with Crippen LogP contribution in [0, 0.1) is 0 Å². The molecule has 1 aromatic heterocycles. The van der Waals surface area contributed by atoms with Crippen LogP contribution in [0.2, 0.25) is 0 Å². The van der Waals surface area contributed by atoms with E-state index < -0.39 is 0 Å². The van der Waals surface area contributed by atoms with Crippen LogP contribution in [0.1, 0.15) is 32.3 Å². The second-order valence-corrected chi connectivity index (χ2v) is 4.99. The molecule has 0 bridgehead atoms. The highest BCUT2D eigenvalue weighted by atomic mass is 16.5. The Balaban J connectivity index is 1.71. The Morgan fingerprint density at radius 1 is 1.35 bits per heavy atom. The van der Waals surface area contributed by atoms with Crippen molar-refractivity contribution in [3.63, 3.8) is 0 Å². The molecule has 0 saturated carbocycles. The molecule has 0 spiro atoms. The third-order valence-corrected chi connectivity index (χ3v) is 3.27. The number of pyridine rings is 1. The Labute approximate surface area is 104 Å². The van der Waals surface area contributed by atoms with Crippen LogP contribution < -0.4 is 5.32 Å². The van der Waals surface area contributed by atoms with E-state index in [9.17, 15) is 0 Å². The van der Waals surface area contributed by atoms with Gasteiger partial charge >= 0.3 is 0 Å². The second kappa shape index (κ2) is 6.12. The van der Waals surface area contributed by atoms with E-state index in [-0.39, 0.29) is 0 Å². The van der Waals surface area contributed by atoms with E-state index in [1.807, 2.05) is 18.5 Å². The Hall–Kier alpha value is -0.930. The number of nitrogens with one attached hydrogen (secondary N) is 1. The zero-order chi connectivity index (χ0) is 12.1. The maximum Gasteiger partial charge on any atom is 0.0565 e. The van der Waals surface area contributed by atoms with Gasteiger partial charge in [-0.3, -0.25) is 4.98 Å². The molecule has 17 heavy (non-hydrogen) atoms. The monoisotopic (exact) mass is 234 g/mol. The minimum absolute atomic E-state index is 0.384. The highest BCUT2D eigenvalue weighted by Gasteiger charge is 2.23. The molecule has 2 atom stereocenters. The van der Waals surface area contributed by atoms with Crippen molar-refractivity contribution in [1.29, 1.82) is 0 Å². The second-order valence-electron chi connectivity index (χ2n) is 4.99. The molecule has 0 amide bonds. The van der Waals surface area contributed by atoms with Crippen molar-refractivity contribution in [2.24, 2.45) is 0 Å². The zero-order valence-electron chi connectivity index (χ0n) is 10.7. The van der Waals surface area contributed by atoms with Crippen LogP contribution in [0.25, 0.3) is 0 Å². The number of nitrogens with zero attached hydrogens (tertiary/aromatic N) is 1. The van der Waals surface area contributed by atoms with E-state index in [1.54, 1.807) is 0 Å². The molecule has 3 nitrogen and oxygen atoms in total. The van der Waals surface area contributed by atoms with Gasteiger partial charge in [0, 0.05) is 18.4 Å². The fourth-order valence-corrected chi connectivity index (χ4v) is 2.54. The summed E-state index contributed by atoms with van der Waals surface area (Å²) in [5.74, 6) is 0. The summed E-state index contributed by atoms with van der Waals surface area (Å²) >= 11 is 0. The van der Waals surface area contributed by atoms with Crippen molar-refractivity contribution in [2.45, 2.75) is 51.4 Å². The first-order valence-corrected chi connectivity index (χ1v) is 6.52. The summed E-state index contributed by atoms with van der Waals surface area (Å²) in [6, 6.07) is 4.73. The molecule has 1 aromatic rings. The molecular weight excluding hydrogens is 212 g/mol. The molecule has 1 aliphatic rings. The van der Waals surface area contributed by atoms with Gasteiger partial charge in [0.1, 0.15) is 0 Å². The molecule has 0 aliphatic carbocycles. The number of ether oxygens (including phenoxy) is 1. The van der Waals surface area contributed by atoms with E-state index in [1.165, 1.54) is 5.56 Å². The number of hydrogen-bond donors (Lipinski definition) is 1. The summed E-state index contributed by atoms with van der Waals surface area (Å²) < 4.78 is 5.73. The molecule has 3 heteroatoms. The minimum atomic E-state index is 0.384. The van der Waals surface area contributed by atoms with Crippen molar-refractivity contribution < 1.29 is 4.74 Å².